The Bertz CT molecular complexity index is 958. The van der Waals surface area contributed by atoms with Crippen LogP contribution >= 0.6 is 0 Å². The summed E-state index contributed by atoms with van der Waals surface area (Å²) in [6.45, 7) is 1.93. The Labute approximate surface area is 135 Å². The van der Waals surface area contributed by atoms with Gasteiger partial charge >= 0.3 is 0 Å². The molecule has 2 heteroatoms. The molecule has 0 bridgehead atoms. The third-order valence-electron chi connectivity index (χ3n) is 3.90. The Balaban J connectivity index is 0.000000136. The van der Waals surface area contributed by atoms with Crippen molar-refractivity contribution in [3.8, 4) is 11.5 Å². The van der Waals surface area contributed by atoms with Crippen LogP contribution in [0.2, 0.25) is 0 Å². The van der Waals surface area contributed by atoms with E-state index < -0.39 is 0 Å². The van der Waals surface area contributed by atoms with Crippen molar-refractivity contribution in [3.63, 3.8) is 0 Å². The average molecular weight is 302 g/mol. The molecule has 0 amide bonds. The zero-order chi connectivity index (χ0) is 16.2. The maximum Gasteiger partial charge on any atom is 0.119 e. The number of fused-ring (bicyclic) bond motifs is 2. The summed E-state index contributed by atoms with van der Waals surface area (Å²) in [5.74, 6) is 0.692. The highest BCUT2D eigenvalue weighted by molar-refractivity contribution is 5.87. The summed E-state index contributed by atoms with van der Waals surface area (Å²) in [6, 6.07) is 25.0. The quantitative estimate of drug-likeness (QED) is 0.456. The van der Waals surface area contributed by atoms with Crippen molar-refractivity contribution in [1.82, 2.24) is 0 Å². The van der Waals surface area contributed by atoms with Crippen molar-refractivity contribution >= 4 is 21.5 Å². The van der Waals surface area contributed by atoms with Crippen LogP contribution in [0.25, 0.3) is 21.5 Å². The van der Waals surface area contributed by atoms with Crippen LogP contribution in [0.5, 0.6) is 11.5 Å². The molecule has 2 N–H and O–H groups in total. The molecule has 0 unspecified atom stereocenters. The van der Waals surface area contributed by atoms with Gasteiger partial charge in [-0.2, -0.15) is 0 Å². The molecule has 0 saturated heterocycles. The van der Waals surface area contributed by atoms with E-state index in [1.807, 2.05) is 67.6 Å². The predicted octanol–water partition coefficient (Wildman–Crippen LogP) is 5.40. The van der Waals surface area contributed by atoms with E-state index in [1.165, 1.54) is 5.39 Å². The zero-order valence-corrected chi connectivity index (χ0v) is 12.9. The topological polar surface area (TPSA) is 40.5 Å². The van der Waals surface area contributed by atoms with Crippen molar-refractivity contribution < 1.29 is 10.2 Å². The van der Waals surface area contributed by atoms with Gasteiger partial charge in [-0.1, -0.05) is 60.7 Å². The molecule has 0 heterocycles. The molecular formula is C21H18O2. The first-order valence-corrected chi connectivity index (χ1v) is 7.50. The summed E-state index contributed by atoms with van der Waals surface area (Å²) in [4.78, 5) is 0. The van der Waals surface area contributed by atoms with Crippen LogP contribution in [0.4, 0.5) is 0 Å². The van der Waals surface area contributed by atoms with Crippen LogP contribution in [0, 0.1) is 6.92 Å². The fourth-order valence-electron chi connectivity index (χ4n) is 2.59. The van der Waals surface area contributed by atoms with Gasteiger partial charge in [-0.3, -0.25) is 0 Å². The third kappa shape index (κ3) is 3.27. The van der Waals surface area contributed by atoms with Crippen molar-refractivity contribution in [2.45, 2.75) is 6.92 Å². The second kappa shape index (κ2) is 6.41. The zero-order valence-electron chi connectivity index (χ0n) is 12.9. The van der Waals surface area contributed by atoms with Gasteiger partial charge in [0.1, 0.15) is 11.5 Å². The first kappa shape index (κ1) is 14.9. The molecular weight excluding hydrogens is 284 g/mol. The molecule has 114 valence electrons. The van der Waals surface area contributed by atoms with Crippen molar-refractivity contribution in [2.75, 3.05) is 0 Å². The molecule has 4 aromatic carbocycles. The largest absolute Gasteiger partial charge is 0.508 e. The van der Waals surface area contributed by atoms with E-state index in [9.17, 15) is 5.11 Å². The van der Waals surface area contributed by atoms with Crippen molar-refractivity contribution in [2.24, 2.45) is 0 Å². The van der Waals surface area contributed by atoms with Crippen LogP contribution in [0.15, 0.2) is 78.9 Å². The summed E-state index contributed by atoms with van der Waals surface area (Å²) in [5, 5.41) is 23.1. The van der Waals surface area contributed by atoms with E-state index in [1.54, 1.807) is 18.2 Å². The lowest BCUT2D eigenvalue weighted by atomic mass is 10.1. The molecule has 0 atom stereocenters. The fraction of sp³-hybridized carbons (Fsp3) is 0.0476. The van der Waals surface area contributed by atoms with E-state index in [0.29, 0.717) is 11.5 Å². The fourth-order valence-corrected chi connectivity index (χ4v) is 2.59. The molecule has 0 aliphatic heterocycles. The number of hydrogen-bond donors (Lipinski definition) is 2. The first-order chi connectivity index (χ1) is 11.1. The van der Waals surface area contributed by atoms with E-state index in [-0.39, 0.29) is 0 Å². The van der Waals surface area contributed by atoms with Gasteiger partial charge in [0.25, 0.3) is 0 Å². The molecule has 0 aliphatic carbocycles. The monoisotopic (exact) mass is 302 g/mol. The highest BCUT2D eigenvalue weighted by Crippen LogP contribution is 2.25. The molecule has 0 aliphatic rings. The molecule has 0 fully saturated rings. The Morgan fingerprint density at radius 3 is 2.00 bits per heavy atom. The summed E-state index contributed by atoms with van der Waals surface area (Å²) in [5.41, 5.74) is 0.952. The first-order valence-electron chi connectivity index (χ1n) is 7.50. The Morgan fingerprint density at radius 1 is 0.609 bits per heavy atom. The number of benzene rings is 4. The standard InChI is InChI=1S/C11H10O.C10H8O/c1-8-10-5-3-2-4-9(10)6-7-11(8)12;11-10-6-5-8-3-1-2-4-9(8)7-10/h2-7,12H,1H3;1-7,11H. The molecule has 0 radical (unpaired) electrons. The Hall–Kier alpha value is -3.00. The van der Waals surface area contributed by atoms with Gasteiger partial charge in [0.05, 0.1) is 0 Å². The van der Waals surface area contributed by atoms with Gasteiger partial charge in [-0.05, 0) is 52.2 Å². The van der Waals surface area contributed by atoms with Crippen molar-refractivity contribution in [3.05, 3.63) is 84.4 Å². The lowest BCUT2D eigenvalue weighted by Gasteiger charge is -2.02. The van der Waals surface area contributed by atoms with Gasteiger partial charge in [0.15, 0.2) is 0 Å². The normalized spacial score (nSPS) is 10.3. The van der Waals surface area contributed by atoms with Crippen LogP contribution in [0.1, 0.15) is 5.56 Å². The van der Waals surface area contributed by atoms with Crippen LogP contribution in [-0.2, 0) is 0 Å². The summed E-state index contributed by atoms with van der Waals surface area (Å²) in [7, 11) is 0. The molecule has 0 spiro atoms. The second-order valence-electron chi connectivity index (χ2n) is 5.46. The molecule has 23 heavy (non-hydrogen) atoms. The lowest BCUT2D eigenvalue weighted by Crippen LogP contribution is -1.78. The van der Waals surface area contributed by atoms with E-state index >= 15 is 0 Å². The van der Waals surface area contributed by atoms with E-state index in [4.69, 9.17) is 5.11 Å². The predicted molar refractivity (Wildman–Crippen MR) is 96.0 cm³/mol. The smallest absolute Gasteiger partial charge is 0.119 e. The van der Waals surface area contributed by atoms with Gasteiger partial charge in [-0.15, -0.1) is 0 Å². The minimum Gasteiger partial charge on any atom is -0.508 e. The highest BCUT2D eigenvalue weighted by Gasteiger charge is 1.99. The van der Waals surface area contributed by atoms with Crippen LogP contribution < -0.4 is 0 Å². The van der Waals surface area contributed by atoms with Gasteiger partial charge < -0.3 is 10.2 Å². The van der Waals surface area contributed by atoms with Gasteiger partial charge in [-0.25, -0.2) is 0 Å². The van der Waals surface area contributed by atoms with Crippen molar-refractivity contribution in [1.29, 1.82) is 0 Å². The van der Waals surface area contributed by atoms with Gasteiger partial charge in [0.2, 0.25) is 0 Å². The maximum absolute atomic E-state index is 9.42. The summed E-state index contributed by atoms with van der Waals surface area (Å²) in [6.07, 6.45) is 0. The Kier molecular flexibility index (Phi) is 4.15. The second-order valence-corrected chi connectivity index (χ2v) is 5.46. The number of aryl methyl sites for hydroxylation is 1. The SMILES string of the molecule is Cc1c(O)ccc2ccccc12.Oc1ccc2ccccc2c1. The number of phenols is 2. The number of aromatic hydroxyl groups is 2. The molecule has 4 rings (SSSR count). The Morgan fingerprint density at radius 2 is 1.22 bits per heavy atom. The summed E-state index contributed by atoms with van der Waals surface area (Å²) >= 11 is 0. The van der Waals surface area contributed by atoms with Gasteiger partial charge in [0, 0.05) is 0 Å². The number of rotatable bonds is 0. The summed E-state index contributed by atoms with van der Waals surface area (Å²) < 4.78 is 0. The minimum absolute atomic E-state index is 0.323. The maximum atomic E-state index is 9.42. The van der Waals surface area contributed by atoms with E-state index in [0.717, 1.165) is 21.7 Å². The molecule has 0 aromatic heterocycles. The minimum atomic E-state index is 0.323. The van der Waals surface area contributed by atoms with Crippen LogP contribution in [0.3, 0.4) is 0 Å². The number of phenolic OH excluding ortho intramolecular Hbond substituents is 2. The lowest BCUT2D eigenvalue weighted by molar-refractivity contribution is 0.472. The molecule has 2 nitrogen and oxygen atoms in total. The third-order valence-corrected chi connectivity index (χ3v) is 3.90. The number of hydrogen-bond acceptors (Lipinski definition) is 2. The molecule has 4 aromatic rings. The molecule has 0 saturated carbocycles. The average Bonchev–Trinajstić information content (AvgIpc) is 2.59. The van der Waals surface area contributed by atoms with E-state index in [2.05, 4.69) is 0 Å². The van der Waals surface area contributed by atoms with Crippen LogP contribution in [-0.4, -0.2) is 10.2 Å². The highest BCUT2D eigenvalue weighted by atomic mass is 16.3.